The van der Waals surface area contributed by atoms with Gasteiger partial charge in [-0.15, -0.1) is 11.3 Å². The molecule has 7 heteroatoms. The molecule has 0 unspecified atom stereocenters. The Morgan fingerprint density at radius 3 is 2.77 bits per heavy atom. The molecule has 0 spiro atoms. The Morgan fingerprint density at radius 2 is 1.97 bits per heavy atom. The molecule has 0 bridgehead atoms. The van der Waals surface area contributed by atoms with Gasteiger partial charge < -0.3 is 10.1 Å². The van der Waals surface area contributed by atoms with Gasteiger partial charge in [0.25, 0.3) is 5.91 Å². The molecule has 0 saturated heterocycles. The smallest absolute Gasteiger partial charge is 0.266 e. The number of aromatic nitrogens is 2. The van der Waals surface area contributed by atoms with E-state index in [0.717, 1.165) is 11.3 Å². The van der Waals surface area contributed by atoms with Crippen LogP contribution in [0.5, 0.6) is 5.75 Å². The summed E-state index contributed by atoms with van der Waals surface area (Å²) in [7, 11) is 0. The lowest BCUT2D eigenvalue weighted by atomic mass is 10.1. The fraction of sp³-hybridized carbons (Fsp3) is 0.130. The van der Waals surface area contributed by atoms with Crippen molar-refractivity contribution in [3.63, 3.8) is 0 Å². The molecule has 1 amide bonds. The summed E-state index contributed by atoms with van der Waals surface area (Å²) in [6.45, 7) is 3.12. The van der Waals surface area contributed by atoms with Crippen molar-refractivity contribution in [2.24, 2.45) is 0 Å². The highest BCUT2D eigenvalue weighted by molar-refractivity contribution is 7.12. The number of rotatable bonds is 7. The van der Waals surface area contributed by atoms with Gasteiger partial charge >= 0.3 is 0 Å². The van der Waals surface area contributed by atoms with Crippen molar-refractivity contribution < 1.29 is 9.53 Å². The highest BCUT2D eigenvalue weighted by Gasteiger charge is 2.12. The molecule has 4 aromatic rings. The van der Waals surface area contributed by atoms with Crippen LogP contribution in [0.3, 0.4) is 0 Å². The number of halogens is 1. The predicted molar refractivity (Wildman–Crippen MR) is 121 cm³/mol. The van der Waals surface area contributed by atoms with Crippen molar-refractivity contribution in [3.8, 4) is 5.75 Å². The Hall–Kier alpha value is -3.09. The van der Waals surface area contributed by atoms with Crippen LogP contribution in [0.4, 0.5) is 5.82 Å². The van der Waals surface area contributed by atoms with E-state index in [-0.39, 0.29) is 5.91 Å². The molecule has 0 radical (unpaired) electrons. The van der Waals surface area contributed by atoms with Gasteiger partial charge in [0, 0.05) is 22.8 Å². The fourth-order valence-corrected chi connectivity index (χ4v) is 3.84. The van der Waals surface area contributed by atoms with Gasteiger partial charge in [-0.05, 0) is 53.8 Å². The topological polar surface area (TPSA) is 56.2 Å². The lowest BCUT2D eigenvalue weighted by Gasteiger charge is -2.05. The molecule has 1 N–H and O–H groups in total. The maximum atomic E-state index is 12.6. The number of nitrogens with zero attached hydrogens (tertiary/aromatic N) is 2. The molecule has 2 heterocycles. The Labute approximate surface area is 183 Å². The third-order valence-corrected chi connectivity index (χ3v) is 5.80. The summed E-state index contributed by atoms with van der Waals surface area (Å²) in [5, 5.41) is 9.90. The first-order valence-corrected chi connectivity index (χ1v) is 10.7. The molecular formula is C23H20ClN3O2S. The van der Waals surface area contributed by atoms with Gasteiger partial charge in [0.15, 0.2) is 5.82 Å². The zero-order valence-electron chi connectivity index (χ0n) is 16.3. The third-order valence-electron chi connectivity index (χ3n) is 4.57. The Bertz CT molecular complexity index is 1150. The van der Waals surface area contributed by atoms with Crippen molar-refractivity contribution in [1.29, 1.82) is 0 Å². The number of amides is 1. The summed E-state index contributed by atoms with van der Waals surface area (Å²) in [5.74, 6) is 1.08. The van der Waals surface area contributed by atoms with E-state index < -0.39 is 0 Å². The van der Waals surface area contributed by atoms with Crippen LogP contribution in [0.1, 0.15) is 26.4 Å². The molecule has 0 atom stereocenters. The minimum atomic E-state index is -0.182. The highest BCUT2D eigenvalue weighted by atomic mass is 35.5. The van der Waals surface area contributed by atoms with E-state index in [2.05, 4.69) is 29.5 Å². The predicted octanol–water partition coefficient (Wildman–Crippen LogP) is 5.79. The van der Waals surface area contributed by atoms with Crippen LogP contribution in [0.15, 0.2) is 72.2 Å². The Balaban J connectivity index is 1.34. The second-order valence-electron chi connectivity index (χ2n) is 6.84. The maximum Gasteiger partial charge on any atom is 0.266 e. The van der Waals surface area contributed by atoms with E-state index in [1.54, 1.807) is 18.2 Å². The minimum absolute atomic E-state index is 0.182. The number of nitrogens with one attached hydrogen (secondary N) is 1. The van der Waals surface area contributed by atoms with Crippen LogP contribution < -0.4 is 10.1 Å². The summed E-state index contributed by atoms with van der Waals surface area (Å²) in [4.78, 5) is 13.2. The van der Waals surface area contributed by atoms with Crippen molar-refractivity contribution in [2.45, 2.75) is 20.1 Å². The number of ether oxygens (including phenoxy) is 1. The first kappa shape index (κ1) is 20.2. The number of carbonyl (C=O) groups excluding carboxylic acids is 1. The largest absolute Gasteiger partial charge is 0.489 e. The van der Waals surface area contributed by atoms with E-state index in [4.69, 9.17) is 16.3 Å². The van der Waals surface area contributed by atoms with Crippen LogP contribution in [0, 0.1) is 6.92 Å². The normalized spacial score (nSPS) is 10.7. The zero-order valence-corrected chi connectivity index (χ0v) is 17.9. The highest BCUT2D eigenvalue weighted by Crippen LogP contribution is 2.20. The van der Waals surface area contributed by atoms with Gasteiger partial charge in [0.2, 0.25) is 0 Å². The van der Waals surface area contributed by atoms with E-state index in [0.29, 0.717) is 28.9 Å². The first-order chi connectivity index (χ1) is 14.6. The second-order valence-corrected chi connectivity index (χ2v) is 8.19. The van der Waals surface area contributed by atoms with Gasteiger partial charge in [-0.25, -0.2) is 0 Å². The molecule has 30 heavy (non-hydrogen) atoms. The van der Waals surface area contributed by atoms with E-state index >= 15 is 0 Å². The van der Waals surface area contributed by atoms with Gasteiger partial charge in [-0.3, -0.25) is 9.48 Å². The van der Waals surface area contributed by atoms with E-state index in [1.165, 1.54) is 22.5 Å². The van der Waals surface area contributed by atoms with Crippen LogP contribution >= 0.6 is 22.9 Å². The number of hydrogen-bond donors (Lipinski definition) is 1. The van der Waals surface area contributed by atoms with E-state index in [9.17, 15) is 4.79 Å². The van der Waals surface area contributed by atoms with Crippen LogP contribution in [0.25, 0.3) is 0 Å². The molecule has 0 fully saturated rings. The molecule has 0 saturated carbocycles. The molecule has 0 aliphatic heterocycles. The molecule has 0 aliphatic rings. The molecule has 5 nitrogen and oxygen atoms in total. The number of carbonyl (C=O) groups is 1. The van der Waals surface area contributed by atoms with Crippen LogP contribution in [0.2, 0.25) is 5.02 Å². The molecule has 152 valence electrons. The summed E-state index contributed by atoms with van der Waals surface area (Å²) in [6, 6.07) is 19.0. The number of hydrogen-bond acceptors (Lipinski definition) is 4. The average Bonchev–Trinajstić information content (AvgIpc) is 3.39. The average molecular weight is 438 g/mol. The SMILES string of the molecule is Cc1ccccc1Cn1ccc(NC(=O)c2cc(COc3ccc(Cl)cc3)cs2)n1. The lowest BCUT2D eigenvalue weighted by Crippen LogP contribution is -2.11. The van der Waals surface area contributed by atoms with Crippen LogP contribution in [-0.2, 0) is 13.2 Å². The van der Waals surface area contributed by atoms with Gasteiger partial charge in [-0.2, -0.15) is 5.10 Å². The van der Waals surface area contributed by atoms with Crippen molar-refractivity contribution in [1.82, 2.24) is 9.78 Å². The standard InChI is InChI=1S/C23H20ClN3O2S/c1-16-4-2-3-5-18(16)13-27-11-10-22(26-27)25-23(28)21-12-17(15-30-21)14-29-20-8-6-19(24)7-9-20/h2-12,15H,13-14H2,1H3,(H,25,26,28). The lowest BCUT2D eigenvalue weighted by molar-refractivity contribution is 0.103. The number of thiophene rings is 1. The number of benzene rings is 2. The maximum absolute atomic E-state index is 12.6. The van der Waals surface area contributed by atoms with Crippen LogP contribution in [-0.4, -0.2) is 15.7 Å². The second kappa shape index (κ2) is 9.15. The first-order valence-electron chi connectivity index (χ1n) is 9.42. The molecule has 2 aromatic heterocycles. The molecule has 4 rings (SSSR count). The van der Waals surface area contributed by atoms with Gasteiger partial charge in [0.1, 0.15) is 12.4 Å². The summed E-state index contributed by atoms with van der Waals surface area (Å²) in [5.41, 5.74) is 3.35. The van der Waals surface area contributed by atoms with Crippen molar-refractivity contribution in [2.75, 3.05) is 5.32 Å². The fourth-order valence-electron chi connectivity index (χ4n) is 2.92. The molecular weight excluding hydrogens is 418 g/mol. The number of aryl methyl sites for hydroxylation is 1. The summed E-state index contributed by atoms with van der Waals surface area (Å²) >= 11 is 7.26. The minimum Gasteiger partial charge on any atom is -0.489 e. The molecule has 0 aliphatic carbocycles. The van der Waals surface area contributed by atoms with Gasteiger partial charge in [0.05, 0.1) is 11.4 Å². The zero-order chi connectivity index (χ0) is 20.9. The van der Waals surface area contributed by atoms with Gasteiger partial charge in [-0.1, -0.05) is 35.9 Å². The molecule has 2 aromatic carbocycles. The van der Waals surface area contributed by atoms with E-state index in [1.807, 2.05) is 46.6 Å². The number of anilines is 1. The summed E-state index contributed by atoms with van der Waals surface area (Å²) < 4.78 is 7.55. The quantitative estimate of drug-likeness (QED) is 0.398. The van der Waals surface area contributed by atoms with Crippen molar-refractivity contribution in [3.05, 3.63) is 98.8 Å². The Kier molecular flexibility index (Phi) is 6.16. The Morgan fingerprint density at radius 1 is 1.17 bits per heavy atom. The van der Waals surface area contributed by atoms with Crippen molar-refractivity contribution >= 4 is 34.7 Å². The third kappa shape index (κ3) is 5.09. The monoisotopic (exact) mass is 437 g/mol. The summed E-state index contributed by atoms with van der Waals surface area (Å²) in [6.07, 6.45) is 1.86.